The van der Waals surface area contributed by atoms with Crippen molar-refractivity contribution in [3.05, 3.63) is 30.1 Å². The fourth-order valence-electron chi connectivity index (χ4n) is 2.70. The van der Waals surface area contributed by atoms with Gasteiger partial charge < -0.3 is 10.4 Å². The molecule has 128 valence electrons. The molecule has 1 aliphatic rings. The van der Waals surface area contributed by atoms with Crippen molar-refractivity contribution in [3.8, 4) is 0 Å². The van der Waals surface area contributed by atoms with E-state index < -0.39 is 10.0 Å². The normalized spacial score (nSPS) is 22.2. The van der Waals surface area contributed by atoms with Gasteiger partial charge in [0, 0.05) is 31.4 Å². The molecular weight excluding hydrogens is 318 g/mol. The largest absolute Gasteiger partial charge is 0.393 e. The average molecular weight is 341 g/mol. The summed E-state index contributed by atoms with van der Waals surface area (Å²) in [6.45, 7) is 0.0833. The van der Waals surface area contributed by atoms with Crippen molar-refractivity contribution in [2.45, 2.75) is 37.8 Å². The lowest BCUT2D eigenvalue weighted by molar-refractivity contribution is -0.122. The number of sulfonamides is 1. The first-order chi connectivity index (χ1) is 10.8. The molecule has 1 aliphatic carbocycles. The first-order valence-electron chi connectivity index (χ1n) is 7.64. The van der Waals surface area contributed by atoms with Gasteiger partial charge in [0.2, 0.25) is 15.9 Å². The van der Waals surface area contributed by atoms with Crippen LogP contribution in [0.5, 0.6) is 0 Å². The Kier molecular flexibility index (Phi) is 6.09. The van der Waals surface area contributed by atoms with Gasteiger partial charge in [-0.05, 0) is 42.9 Å². The molecule has 1 fully saturated rings. The van der Waals surface area contributed by atoms with Crippen LogP contribution < -0.4 is 10.0 Å². The van der Waals surface area contributed by atoms with Gasteiger partial charge >= 0.3 is 0 Å². The van der Waals surface area contributed by atoms with Crippen LogP contribution in [0, 0.1) is 5.92 Å². The molecule has 1 amide bonds. The molecule has 1 aromatic heterocycles. The topological polar surface area (TPSA) is 108 Å². The van der Waals surface area contributed by atoms with E-state index in [-0.39, 0.29) is 36.9 Å². The zero-order chi connectivity index (χ0) is 16.9. The van der Waals surface area contributed by atoms with Gasteiger partial charge in [0.15, 0.2) is 0 Å². The van der Waals surface area contributed by atoms with Gasteiger partial charge in [-0.25, -0.2) is 13.1 Å². The maximum absolute atomic E-state index is 12.0. The van der Waals surface area contributed by atoms with E-state index in [0.29, 0.717) is 19.3 Å². The third kappa shape index (κ3) is 6.25. The first-order valence-corrected chi connectivity index (χ1v) is 9.53. The molecule has 0 aromatic carbocycles. The van der Waals surface area contributed by atoms with Gasteiger partial charge in [0.25, 0.3) is 0 Å². The number of aliphatic hydroxyl groups excluding tert-OH is 1. The molecule has 0 aliphatic heterocycles. The van der Waals surface area contributed by atoms with E-state index in [1.54, 1.807) is 12.4 Å². The van der Waals surface area contributed by atoms with Crippen LogP contribution in [0.3, 0.4) is 0 Å². The summed E-state index contributed by atoms with van der Waals surface area (Å²) in [7, 11) is -3.28. The molecule has 8 heteroatoms. The van der Waals surface area contributed by atoms with Crippen molar-refractivity contribution in [1.82, 2.24) is 15.0 Å². The van der Waals surface area contributed by atoms with Crippen molar-refractivity contribution in [3.63, 3.8) is 0 Å². The molecule has 1 aromatic rings. The summed E-state index contributed by atoms with van der Waals surface area (Å²) in [6.07, 6.45) is 6.31. The van der Waals surface area contributed by atoms with E-state index in [1.165, 1.54) is 0 Å². The fraction of sp³-hybridized carbons (Fsp3) is 0.600. The van der Waals surface area contributed by atoms with Crippen molar-refractivity contribution in [2.24, 2.45) is 5.92 Å². The van der Waals surface area contributed by atoms with Crippen LogP contribution in [0.15, 0.2) is 24.5 Å². The molecule has 1 heterocycles. The van der Waals surface area contributed by atoms with E-state index >= 15 is 0 Å². The Morgan fingerprint density at radius 2 is 2.04 bits per heavy atom. The highest BCUT2D eigenvalue weighted by molar-refractivity contribution is 7.88. The minimum absolute atomic E-state index is 0.0634. The van der Waals surface area contributed by atoms with Crippen LogP contribution in [-0.4, -0.2) is 49.4 Å². The molecule has 2 rings (SSSR count). The molecule has 23 heavy (non-hydrogen) atoms. The second-order valence-corrected chi connectivity index (χ2v) is 7.87. The van der Waals surface area contributed by atoms with Crippen molar-refractivity contribution in [2.75, 3.05) is 12.8 Å². The Hall–Kier alpha value is -1.51. The number of hydrogen-bond donors (Lipinski definition) is 3. The lowest BCUT2D eigenvalue weighted by Gasteiger charge is -2.38. The molecule has 0 spiro atoms. The summed E-state index contributed by atoms with van der Waals surface area (Å²) in [5.74, 6) is 0.0478. The van der Waals surface area contributed by atoms with Crippen molar-refractivity contribution < 1.29 is 18.3 Å². The second-order valence-electron chi connectivity index (χ2n) is 6.04. The molecule has 1 saturated carbocycles. The number of nitrogens with zero attached hydrogens (tertiary/aromatic N) is 1. The summed E-state index contributed by atoms with van der Waals surface area (Å²) >= 11 is 0. The number of hydrogen-bond acceptors (Lipinski definition) is 5. The highest BCUT2D eigenvalue weighted by Gasteiger charge is 2.34. The summed E-state index contributed by atoms with van der Waals surface area (Å²) in [6, 6.07) is 3.74. The minimum Gasteiger partial charge on any atom is -0.393 e. The Bertz CT molecular complexity index is 615. The summed E-state index contributed by atoms with van der Waals surface area (Å²) in [5, 5.41) is 12.5. The van der Waals surface area contributed by atoms with E-state index in [0.717, 1.165) is 11.8 Å². The first kappa shape index (κ1) is 17.8. The molecule has 3 N–H and O–H groups in total. The number of nitrogens with one attached hydrogen (secondary N) is 2. The number of aromatic nitrogens is 1. The van der Waals surface area contributed by atoms with Crippen molar-refractivity contribution in [1.29, 1.82) is 0 Å². The van der Waals surface area contributed by atoms with Crippen LogP contribution in [-0.2, 0) is 21.2 Å². The van der Waals surface area contributed by atoms with Crippen LogP contribution >= 0.6 is 0 Å². The number of carbonyl (C=O) groups excluding carboxylic acids is 1. The smallest absolute Gasteiger partial charge is 0.221 e. The number of rotatable bonds is 8. The zero-order valence-electron chi connectivity index (χ0n) is 13.1. The van der Waals surface area contributed by atoms with E-state index in [2.05, 4.69) is 15.0 Å². The van der Waals surface area contributed by atoms with Crippen LogP contribution in [0.25, 0.3) is 0 Å². The third-order valence-corrected chi connectivity index (χ3v) is 4.71. The number of aliphatic hydroxyl groups is 1. The monoisotopic (exact) mass is 341 g/mol. The lowest BCUT2D eigenvalue weighted by Crippen LogP contribution is -2.48. The van der Waals surface area contributed by atoms with Gasteiger partial charge in [-0.2, -0.15) is 0 Å². The number of amides is 1. The highest BCUT2D eigenvalue weighted by Crippen LogP contribution is 2.31. The third-order valence-electron chi connectivity index (χ3n) is 3.99. The van der Waals surface area contributed by atoms with E-state index in [9.17, 15) is 18.3 Å². The second kappa shape index (κ2) is 7.85. The Balaban J connectivity index is 1.88. The molecule has 1 atom stereocenters. The van der Waals surface area contributed by atoms with Gasteiger partial charge in [-0.15, -0.1) is 0 Å². The Morgan fingerprint density at radius 3 is 2.61 bits per heavy atom. The standard InChI is InChI=1S/C15H23N3O4S/c1-23(21,22)17-7-4-15(20)18-14(12-9-13(19)10-12)8-11-2-5-16-6-3-11/h2-3,5-6,12-14,17,19H,4,7-10H2,1H3,(H,18,20). The molecule has 1 unspecified atom stereocenters. The highest BCUT2D eigenvalue weighted by atomic mass is 32.2. The van der Waals surface area contributed by atoms with E-state index in [4.69, 9.17) is 0 Å². The maximum Gasteiger partial charge on any atom is 0.221 e. The quantitative estimate of drug-likeness (QED) is 0.608. The van der Waals surface area contributed by atoms with Crippen LogP contribution in [0.2, 0.25) is 0 Å². The maximum atomic E-state index is 12.0. The minimum atomic E-state index is -3.28. The molecule has 0 bridgehead atoms. The number of carbonyl (C=O) groups is 1. The van der Waals surface area contributed by atoms with Gasteiger partial charge in [0.1, 0.15) is 0 Å². The molecule has 0 radical (unpaired) electrons. The van der Waals surface area contributed by atoms with E-state index in [1.807, 2.05) is 12.1 Å². The molecule has 0 saturated heterocycles. The Labute approximate surface area is 136 Å². The van der Waals surface area contributed by atoms with Crippen molar-refractivity contribution >= 4 is 15.9 Å². The van der Waals surface area contributed by atoms with Gasteiger partial charge in [-0.3, -0.25) is 9.78 Å². The molecule has 7 nitrogen and oxygen atoms in total. The summed E-state index contributed by atoms with van der Waals surface area (Å²) < 4.78 is 24.3. The molecular formula is C15H23N3O4S. The van der Waals surface area contributed by atoms with Crippen LogP contribution in [0.1, 0.15) is 24.8 Å². The summed E-state index contributed by atoms with van der Waals surface area (Å²) in [4.78, 5) is 16.0. The average Bonchev–Trinajstić information content (AvgIpc) is 2.43. The number of pyridine rings is 1. The van der Waals surface area contributed by atoms with Gasteiger partial charge in [0.05, 0.1) is 12.4 Å². The zero-order valence-corrected chi connectivity index (χ0v) is 13.9. The SMILES string of the molecule is CS(=O)(=O)NCCC(=O)NC(Cc1ccncc1)C1CC(O)C1. The summed E-state index contributed by atoms with van der Waals surface area (Å²) in [5.41, 5.74) is 1.07. The van der Waals surface area contributed by atoms with Crippen LogP contribution in [0.4, 0.5) is 0 Å². The lowest BCUT2D eigenvalue weighted by atomic mass is 9.75. The fourth-order valence-corrected chi connectivity index (χ4v) is 3.17. The van der Waals surface area contributed by atoms with Gasteiger partial charge in [-0.1, -0.05) is 0 Å². The Morgan fingerprint density at radius 1 is 1.39 bits per heavy atom. The predicted molar refractivity (Wildman–Crippen MR) is 86.1 cm³/mol. The predicted octanol–water partition coefficient (Wildman–Crippen LogP) is -0.181.